The smallest absolute Gasteiger partial charge is 0.140 e. The molecule has 0 amide bonds. The number of aryl methyl sites for hydroxylation is 1. The minimum atomic E-state index is -2.28. The van der Waals surface area contributed by atoms with E-state index in [4.69, 9.17) is 0 Å². The number of hydrogen-bond donors (Lipinski definition) is 1. The predicted molar refractivity (Wildman–Crippen MR) is 60.6 cm³/mol. The molecule has 4 heteroatoms. The van der Waals surface area contributed by atoms with E-state index in [1.807, 2.05) is 30.3 Å². The van der Waals surface area contributed by atoms with Crippen LogP contribution >= 0.6 is 0 Å². The Bertz CT molecular complexity index is 541. The molecule has 2 rings (SSSR count). The van der Waals surface area contributed by atoms with Gasteiger partial charge in [-0.05, 0) is 30.2 Å². The lowest BCUT2D eigenvalue weighted by molar-refractivity contribution is 0.614. The highest BCUT2D eigenvalue weighted by Gasteiger charge is 1.97. The molecule has 0 aliphatic carbocycles. The van der Waals surface area contributed by atoms with Crippen LogP contribution < -0.4 is 0 Å². The number of benzene rings is 1. The fourth-order valence-electron chi connectivity index (χ4n) is 1.50. The fourth-order valence-corrected chi connectivity index (χ4v) is 1.94. The average Bonchev–Trinajstić information content (AvgIpc) is 2.26. The highest BCUT2D eigenvalue weighted by Crippen LogP contribution is 2.13. The van der Waals surface area contributed by atoms with Gasteiger partial charge in [-0.2, -0.15) is 0 Å². The number of fused-ring (bicyclic) bond motifs is 1. The van der Waals surface area contributed by atoms with Crippen molar-refractivity contribution in [3.63, 3.8) is 0 Å². The molecule has 0 radical (unpaired) electrons. The molecule has 0 atom stereocenters. The third-order valence-electron chi connectivity index (χ3n) is 2.25. The van der Waals surface area contributed by atoms with Crippen molar-refractivity contribution in [3.8, 4) is 0 Å². The van der Waals surface area contributed by atoms with Crippen LogP contribution in [0, 0.1) is 0 Å². The molecule has 1 aromatic carbocycles. The largest absolute Gasteiger partial charge is 0.256 e. The summed E-state index contributed by atoms with van der Waals surface area (Å²) in [5, 5.41) is 1.05. The molecule has 0 fully saturated rings. The monoisotopic (exact) mass is 221 g/mol. The number of hydrogen-bond acceptors (Lipinski definition) is 3. The van der Waals surface area contributed by atoms with Gasteiger partial charge in [0.05, 0.1) is 11.3 Å². The standard InChI is InChI=1S/C11H11NO2S/c13-15(14)7-5-9-3-4-11-10(8-9)2-1-6-12-11/h1-4,6,8,15H,5,7H2. The summed E-state index contributed by atoms with van der Waals surface area (Å²) in [7, 11) is -2.28. The van der Waals surface area contributed by atoms with Crippen molar-refractivity contribution in [1.82, 2.24) is 4.98 Å². The summed E-state index contributed by atoms with van der Waals surface area (Å²) in [6, 6.07) is 9.68. The van der Waals surface area contributed by atoms with E-state index >= 15 is 0 Å². The van der Waals surface area contributed by atoms with Gasteiger partial charge in [0.1, 0.15) is 10.7 Å². The maximum atomic E-state index is 10.5. The quantitative estimate of drug-likeness (QED) is 0.797. The van der Waals surface area contributed by atoms with Gasteiger partial charge in [-0.15, -0.1) is 0 Å². The average molecular weight is 221 g/mol. The summed E-state index contributed by atoms with van der Waals surface area (Å²) in [4.78, 5) is 4.20. The van der Waals surface area contributed by atoms with Crippen LogP contribution in [0.25, 0.3) is 10.9 Å². The van der Waals surface area contributed by atoms with Crippen molar-refractivity contribution in [1.29, 1.82) is 0 Å². The maximum absolute atomic E-state index is 10.5. The summed E-state index contributed by atoms with van der Waals surface area (Å²) in [6.07, 6.45) is 2.32. The predicted octanol–water partition coefficient (Wildman–Crippen LogP) is 1.39. The molecule has 15 heavy (non-hydrogen) atoms. The molecule has 0 N–H and O–H groups in total. The van der Waals surface area contributed by atoms with Crippen LogP contribution in [-0.2, 0) is 17.1 Å². The van der Waals surface area contributed by atoms with E-state index in [9.17, 15) is 8.42 Å². The van der Waals surface area contributed by atoms with Gasteiger partial charge in [-0.1, -0.05) is 12.1 Å². The Balaban J connectivity index is 2.30. The first-order valence-corrected chi connectivity index (χ1v) is 6.07. The van der Waals surface area contributed by atoms with Crippen molar-refractivity contribution >= 4 is 21.6 Å². The van der Waals surface area contributed by atoms with Crippen LogP contribution in [0.2, 0.25) is 0 Å². The number of thiol groups is 1. The van der Waals surface area contributed by atoms with Crippen LogP contribution in [0.4, 0.5) is 0 Å². The molecule has 0 saturated heterocycles. The first-order valence-electron chi connectivity index (χ1n) is 4.71. The Morgan fingerprint density at radius 1 is 1.20 bits per heavy atom. The van der Waals surface area contributed by atoms with Gasteiger partial charge < -0.3 is 0 Å². The van der Waals surface area contributed by atoms with Crippen molar-refractivity contribution in [2.45, 2.75) is 6.42 Å². The number of nitrogens with zero attached hydrogens (tertiary/aromatic N) is 1. The molecule has 2 aromatic rings. The van der Waals surface area contributed by atoms with Gasteiger partial charge in [0, 0.05) is 11.6 Å². The molecule has 1 heterocycles. The van der Waals surface area contributed by atoms with Crippen molar-refractivity contribution in [2.75, 3.05) is 5.75 Å². The first kappa shape index (κ1) is 10.1. The summed E-state index contributed by atoms with van der Waals surface area (Å²) in [5.41, 5.74) is 1.97. The molecule has 0 unspecified atom stereocenters. The fraction of sp³-hybridized carbons (Fsp3) is 0.182. The van der Waals surface area contributed by atoms with E-state index in [0.717, 1.165) is 16.5 Å². The van der Waals surface area contributed by atoms with Gasteiger partial charge >= 0.3 is 0 Å². The molecule has 3 nitrogen and oxygen atoms in total. The Morgan fingerprint density at radius 3 is 2.87 bits per heavy atom. The summed E-state index contributed by atoms with van der Waals surface area (Å²) in [6.45, 7) is 0. The highest BCUT2D eigenvalue weighted by atomic mass is 32.2. The van der Waals surface area contributed by atoms with E-state index in [1.165, 1.54) is 0 Å². The lowest BCUT2D eigenvalue weighted by Crippen LogP contribution is -1.93. The number of aromatic nitrogens is 1. The van der Waals surface area contributed by atoms with E-state index in [1.54, 1.807) is 6.20 Å². The second kappa shape index (κ2) is 4.40. The SMILES string of the molecule is O=[SH](=O)CCc1ccc2ncccc2c1. The van der Waals surface area contributed by atoms with Crippen molar-refractivity contribution < 1.29 is 8.42 Å². The third-order valence-corrected chi connectivity index (χ3v) is 2.84. The first-order chi connectivity index (χ1) is 7.25. The van der Waals surface area contributed by atoms with Gasteiger partial charge in [-0.3, -0.25) is 4.98 Å². The second-order valence-electron chi connectivity index (χ2n) is 3.34. The Hall–Kier alpha value is -1.42. The zero-order valence-electron chi connectivity index (χ0n) is 8.09. The van der Waals surface area contributed by atoms with Gasteiger partial charge in [0.25, 0.3) is 0 Å². The number of rotatable bonds is 3. The van der Waals surface area contributed by atoms with Gasteiger partial charge in [0.15, 0.2) is 0 Å². The topological polar surface area (TPSA) is 47.0 Å². The number of pyridine rings is 1. The summed E-state index contributed by atoms with van der Waals surface area (Å²) < 4.78 is 20.9. The lowest BCUT2D eigenvalue weighted by atomic mass is 10.1. The second-order valence-corrected chi connectivity index (χ2v) is 4.45. The van der Waals surface area contributed by atoms with E-state index in [0.29, 0.717) is 6.42 Å². The van der Waals surface area contributed by atoms with Gasteiger partial charge in [0.2, 0.25) is 0 Å². The summed E-state index contributed by atoms with van der Waals surface area (Å²) in [5.74, 6) is 0.209. The molecule has 0 aliphatic heterocycles. The lowest BCUT2D eigenvalue weighted by Gasteiger charge is -2.00. The maximum Gasteiger partial charge on any atom is 0.140 e. The van der Waals surface area contributed by atoms with E-state index < -0.39 is 10.7 Å². The molecule has 0 bridgehead atoms. The molecule has 1 aromatic heterocycles. The highest BCUT2D eigenvalue weighted by molar-refractivity contribution is 7.72. The third kappa shape index (κ3) is 2.53. The Morgan fingerprint density at radius 2 is 2.07 bits per heavy atom. The molecule has 78 valence electrons. The van der Waals surface area contributed by atoms with Crippen molar-refractivity contribution in [2.24, 2.45) is 0 Å². The van der Waals surface area contributed by atoms with E-state index in [2.05, 4.69) is 4.98 Å². The zero-order chi connectivity index (χ0) is 10.7. The molecule has 0 saturated carbocycles. The normalized spacial score (nSPS) is 11.0. The van der Waals surface area contributed by atoms with Crippen LogP contribution in [0.3, 0.4) is 0 Å². The molecular formula is C11H11NO2S. The Kier molecular flexibility index (Phi) is 2.97. The molecule has 0 aliphatic rings. The minimum Gasteiger partial charge on any atom is -0.256 e. The zero-order valence-corrected chi connectivity index (χ0v) is 8.98. The van der Waals surface area contributed by atoms with Crippen LogP contribution in [-0.4, -0.2) is 19.2 Å². The van der Waals surface area contributed by atoms with Crippen LogP contribution in [0.5, 0.6) is 0 Å². The van der Waals surface area contributed by atoms with Crippen LogP contribution in [0.1, 0.15) is 5.56 Å². The van der Waals surface area contributed by atoms with Gasteiger partial charge in [-0.25, -0.2) is 8.42 Å². The summed E-state index contributed by atoms with van der Waals surface area (Å²) >= 11 is 0. The van der Waals surface area contributed by atoms with E-state index in [-0.39, 0.29) is 5.75 Å². The molecular weight excluding hydrogens is 210 g/mol. The van der Waals surface area contributed by atoms with Crippen molar-refractivity contribution in [3.05, 3.63) is 42.1 Å². The van der Waals surface area contributed by atoms with Crippen LogP contribution in [0.15, 0.2) is 36.5 Å². The Labute approximate surface area is 89.7 Å². The minimum absolute atomic E-state index is 0.209. The molecule has 0 spiro atoms.